The molecule has 0 aromatic carbocycles. The minimum Gasteiger partial charge on any atom is -0.384 e. The Hall–Kier alpha value is -2.76. The van der Waals surface area contributed by atoms with Crippen LogP contribution < -0.4 is 4.90 Å². The molecule has 1 atom stereocenters. The van der Waals surface area contributed by atoms with Crippen molar-refractivity contribution >= 4 is 17.3 Å². The molecule has 0 spiro atoms. The first-order valence-corrected chi connectivity index (χ1v) is 9.34. The van der Waals surface area contributed by atoms with Crippen LogP contribution in [-0.2, 0) is 0 Å². The van der Waals surface area contributed by atoms with E-state index in [2.05, 4.69) is 37.0 Å². The van der Waals surface area contributed by atoms with Crippen LogP contribution in [0.5, 0.6) is 0 Å². The first-order chi connectivity index (χ1) is 12.8. The van der Waals surface area contributed by atoms with Crippen molar-refractivity contribution in [1.82, 2.24) is 25.0 Å². The van der Waals surface area contributed by atoms with E-state index in [-0.39, 0.29) is 12.6 Å². The lowest BCUT2D eigenvalue weighted by Crippen LogP contribution is -2.37. The van der Waals surface area contributed by atoms with E-state index in [4.69, 9.17) is 5.11 Å². The van der Waals surface area contributed by atoms with E-state index in [1.165, 1.54) is 0 Å². The van der Waals surface area contributed by atoms with Crippen molar-refractivity contribution in [3.8, 4) is 22.4 Å². The minimum absolute atomic E-state index is 0.134. The zero-order valence-corrected chi connectivity index (χ0v) is 14.9. The molecule has 1 N–H and O–H groups in total. The predicted molar refractivity (Wildman–Crippen MR) is 99.8 cm³/mol. The van der Waals surface area contributed by atoms with E-state index in [0.29, 0.717) is 0 Å². The SMILES string of the molecule is OCC#Cc1csc(-c2cn([C@@H]3CCCN(c4ncccn4)C3)nn2)c1. The maximum absolute atomic E-state index is 8.79. The number of piperidine rings is 1. The van der Waals surface area contributed by atoms with Gasteiger partial charge in [0.05, 0.1) is 17.1 Å². The molecule has 0 amide bonds. The highest BCUT2D eigenvalue weighted by Crippen LogP contribution is 2.28. The largest absolute Gasteiger partial charge is 0.384 e. The van der Waals surface area contributed by atoms with E-state index < -0.39 is 0 Å². The summed E-state index contributed by atoms with van der Waals surface area (Å²) in [6.07, 6.45) is 7.66. The summed E-state index contributed by atoms with van der Waals surface area (Å²) in [6.45, 7) is 1.65. The van der Waals surface area contributed by atoms with Crippen LogP contribution in [0.3, 0.4) is 0 Å². The van der Waals surface area contributed by atoms with Gasteiger partial charge in [-0.05, 0) is 25.0 Å². The second-order valence-electron chi connectivity index (χ2n) is 6.03. The number of anilines is 1. The second-order valence-corrected chi connectivity index (χ2v) is 6.95. The summed E-state index contributed by atoms with van der Waals surface area (Å²) in [5.41, 5.74) is 1.74. The Morgan fingerprint density at radius 1 is 1.31 bits per heavy atom. The van der Waals surface area contributed by atoms with Crippen molar-refractivity contribution in [2.45, 2.75) is 18.9 Å². The summed E-state index contributed by atoms with van der Waals surface area (Å²) in [5, 5.41) is 19.4. The van der Waals surface area contributed by atoms with E-state index in [9.17, 15) is 0 Å². The van der Waals surface area contributed by atoms with Gasteiger partial charge >= 0.3 is 0 Å². The smallest absolute Gasteiger partial charge is 0.225 e. The molecule has 1 fully saturated rings. The molecule has 1 aliphatic heterocycles. The lowest BCUT2D eigenvalue weighted by Gasteiger charge is -2.32. The molecular formula is C18H18N6OS. The van der Waals surface area contributed by atoms with Crippen LogP contribution in [0.1, 0.15) is 24.4 Å². The van der Waals surface area contributed by atoms with Crippen molar-refractivity contribution in [1.29, 1.82) is 0 Å². The highest BCUT2D eigenvalue weighted by Gasteiger charge is 2.24. The van der Waals surface area contributed by atoms with Crippen molar-refractivity contribution in [3.63, 3.8) is 0 Å². The number of aromatic nitrogens is 5. The molecule has 0 saturated carbocycles. The Labute approximate surface area is 155 Å². The van der Waals surface area contributed by atoms with Crippen LogP contribution in [0.4, 0.5) is 5.95 Å². The van der Waals surface area contributed by atoms with Crippen LogP contribution in [0.15, 0.2) is 36.1 Å². The van der Waals surface area contributed by atoms with E-state index in [1.54, 1.807) is 23.7 Å². The third-order valence-corrected chi connectivity index (χ3v) is 5.23. The summed E-state index contributed by atoms with van der Waals surface area (Å²) < 4.78 is 1.95. The molecule has 1 saturated heterocycles. The van der Waals surface area contributed by atoms with Gasteiger partial charge in [0.2, 0.25) is 5.95 Å². The first kappa shape index (κ1) is 16.7. The Kier molecular flexibility index (Phi) is 4.91. The quantitative estimate of drug-likeness (QED) is 0.714. The molecule has 7 nitrogen and oxygen atoms in total. The topological polar surface area (TPSA) is 80.0 Å². The van der Waals surface area contributed by atoms with Crippen molar-refractivity contribution in [3.05, 3.63) is 41.7 Å². The predicted octanol–water partition coefficient (Wildman–Crippen LogP) is 1.98. The molecule has 26 heavy (non-hydrogen) atoms. The van der Waals surface area contributed by atoms with Gasteiger partial charge in [-0.25, -0.2) is 14.6 Å². The van der Waals surface area contributed by atoms with Crippen molar-refractivity contribution in [2.24, 2.45) is 0 Å². The van der Waals surface area contributed by atoms with E-state index in [0.717, 1.165) is 48.0 Å². The number of aliphatic hydroxyl groups is 1. The standard InChI is InChI=1S/C18H18N6OS/c25-9-2-4-14-10-17(26-13-14)16-12-24(22-21-16)15-5-1-8-23(11-15)18-19-6-3-7-20-18/h3,6-7,10,12-13,15,25H,1,5,8-9,11H2/t15-/m1/s1. The molecular weight excluding hydrogens is 348 g/mol. The molecule has 0 bridgehead atoms. The lowest BCUT2D eigenvalue weighted by molar-refractivity contribution is 0.350. The van der Waals surface area contributed by atoms with E-state index in [1.807, 2.05) is 28.4 Å². The number of hydrogen-bond donors (Lipinski definition) is 1. The molecule has 4 rings (SSSR count). The van der Waals surface area contributed by atoms with Crippen molar-refractivity contribution in [2.75, 3.05) is 24.6 Å². The number of nitrogens with zero attached hydrogens (tertiary/aromatic N) is 6. The Balaban J connectivity index is 1.49. The van der Waals surface area contributed by atoms with Crippen LogP contribution in [-0.4, -0.2) is 49.8 Å². The molecule has 3 aromatic heterocycles. The fourth-order valence-corrected chi connectivity index (χ4v) is 3.84. The fourth-order valence-electron chi connectivity index (χ4n) is 3.05. The van der Waals surface area contributed by atoms with Crippen LogP contribution in [0, 0.1) is 11.8 Å². The van der Waals surface area contributed by atoms with Crippen LogP contribution in [0.25, 0.3) is 10.6 Å². The second kappa shape index (κ2) is 7.64. The molecule has 1 aliphatic rings. The number of rotatable bonds is 3. The third kappa shape index (κ3) is 3.59. The molecule has 0 aliphatic carbocycles. The highest BCUT2D eigenvalue weighted by molar-refractivity contribution is 7.13. The summed E-state index contributed by atoms with van der Waals surface area (Å²) in [7, 11) is 0. The molecule has 0 unspecified atom stereocenters. The van der Waals surface area contributed by atoms with Gasteiger partial charge in [-0.2, -0.15) is 0 Å². The zero-order valence-electron chi connectivity index (χ0n) is 14.1. The number of aliphatic hydroxyl groups excluding tert-OH is 1. The van der Waals surface area contributed by atoms with Gasteiger partial charge in [0, 0.05) is 36.4 Å². The van der Waals surface area contributed by atoms with Gasteiger partial charge in [-0.15, -0.1) is 16.4 Å². The van der Waals surface area contributed by atoms with E-state index >= 15 is 0 Å². The van der Waals surface area contributed by atoms with Crippen molar-refractivity contribution < 1.29 is 5.11 Å². The summed E-state index contributed by atoms with van der Waals surface area (Å²) >= 11 is 1.58. The Morgan fingerprint density at radius 3 is 3.04 bits per heavy atom. The average Bonchev–Trinajstić information content (AvgIpc) is 3.37. The zero-order chi connectivity index (χ0) is 17.8. The van der Waals surface area contributed by atoms with Gasteiger partial charge in [0.25, 0.3) is 0 Å². The van der Waals surface area contributed by atoms with Crippen LogP contribution >= 0.6 is 11.3 Å². The minimum atomic E-state index is -0.134. The average molecular weight is 366 g/mol. The monoisotopic (exact) mass is 366 g/mol. The van der Waals surface area contributed by atoms with Crippen LogP contribution in [0.2, 0.25) is 0 Å². The Bertz CT molecular complexity index is 926. The van der Waals surface area contributed by atoms with Gasteiger partial charge < -0.3 is 10.0 Å². The highest BCUT2D eigenvalue weighted by atomic mass is 32.1. The van der Waals surface area contributed by atoms with Gasteiger partial charge in [0.15, 0.2) is 0 Å². The fraction of sp³-hybridized carbons (Fsp3) is 0.333. The lowest BCUT2D eigenvalue weighted by atomic mass is 10.1. The third-order valence-electron chi connectivity index (χ3n) is 4.28. The molecule has 3 aromatic rings. The first-order valence-electron chi connectivity index (χ1n) is 8.46. The number of thiophene rings is 1. The molecule has 0 radical (unpaired) electrons. The van der Waals surface area contributed by atoms with Gasteiger partial charge in [-0.1, -0.05) is 17.1 Å². The van der Waals surface area contributed by atoms with Gasteiger partial charge in [0.1, 0.15) is 12.3 Å². The molecule has 132 valence electrons. The maximum atomic E-state index is 8.79. The van der Waals surface area contributed by atoms with Gasteiger partial charge in [-0.3, -0.25) is 0 Å². The summed E-state index contributed by atoms with van der Waals surface area (Å²) in [4.78, 5) is 11.9. The number of hydrogen-bond acceptors (Lipinski definition) is 7. The Morgan fingerprint density at radius 2 is 2.19 bits per heavy atom. The normalized spacial score (nSPS) is 17.0. The summed E-state index contributed by atoms with van der Waals surface area (Å²) in [5.74, 6) is 6.34. The molecule has 8 heteroatoms. The molecule has 4 heterocycles. The maximum Gasteiger partial charge on any atom is 0.225 e. The summed E-state index contributed by atoms with van der Waals surface area (Å²) in [6, 6.07) is 4.06.